The Hall–Kier alpha value is -2.20. The Kier molecular flexibility index (Phi) is 15.8. The summed E-state index contributed by atoms with van der Waals surface area (Å²) in [5.41, 5.74) is 5.83. The summed E-state index contributed by atoms with van der Waals surface area (Å²) < 4.78 is 38.2. The fourth-order valence-corrected chi connectivity index (χ4v) is 3.37. The molecule has 0 spiro atoms. The molecule has 2 aromatic carbocycles. The van der Waals surface area contributed by atoms with Crippen LogP contribution in [0, 0.1) is 13.8 Å². The second kappa shape index (κ2) is 19.0. The Labute approximate surface area is 216 Å². The van der Waals surface area contributed by atoms with E-state index in [4.69, 9.17) is 33.2 Å². The first-order valence-electron chi connectivity index (χ1n) is 12.5. The third-order valence-corrected chi connectivity index (χ3v) is 5.32. The molecule has 8 nitrogen and oxygen atoms in total. The summed E-state index contributed by atoms with van der Waals surface area (Å²) >= 11 is 0. The van der Waals surface area contributed by atoms with Gasteiger partial charge in [-0.05, 0) is 42.7 Å². The average molecular weight is 506 g/mol. The monoisotopic (exact) mass is 505 g/mol. The first kappa shape index (κ1) is 30.0. The summed E-state index contributed by atoms with van der Waals surface area (Å²) in [6.45, 7) is 10.7. The van der Waals surface area contributed by atoms with Gasteiger partial charge in [0.25, 0.3) is 0 Å². The number of anilines is 1. The van der Waals surface area contributed by atoms with Crippen LogP contribution in [0.4, 0.5) is 5.69 Å². The van der Waals surface area contributed by atoms with Crippen molar-refractivity contribution in [3.8, 4) is 16.9 Å². The number of nitrogens with one attached hydrogen (secondary N) is 1. The summed E-state index contributed by atoms with van der Waals surface area (Å²) in [7, 11) is 3.56. The predicted octanol–water partition coefficient (Wildman–Crippen LogP) is 4.12. The van der Waals surface area contributed by atoms with Gasteiger partial charge < -0.3 is 38.5 Å². The lowest BCUT2D eigenvalue weighted by molar-refractivity contribution is -0.0159. The Bertz CT molecular complexity index is 847. The van der Waals surface area contributed by atoms with Crippen LogP contribution in [0.2, 0.25) is 0 Å². The van der Waals surface area contributed by atoms with Crippen LogP contribution in [0.25, 0.3) is 11.1 Å². The van der Waals surface area contributed by atoms with E-state index in [0.717, 1.165) is 17.0 Å². The molecule has 0 aliphatic heterocycles. The molecule has 8 heteroatoms. The zero-order valence-corrected chi connectivity index (χ0v) is 22.3. The van der Waals surface area contributed by atoms with Crippen molar-refractivity contribution in [1.29, 1.82) is 0 Å². The van der Waals surface area contributed by atoms with Crippen molar-refractivity contribution in [3.05, 3.63) is 47.5 Å². The minimum atomic E-state index is 0.472. The van der Waals surface area contributed by atoms with Crippen molar-refractivity contribution in [2.24, 2.45) is 0 Å². The largest absolute Gasteiger partial charge is 0.491 e. The van der Waals surface area contributed by atoms with Crippen LogP contribution < -0.4 is 10.1 Å². The van der Waals surface area contributed by atoms with Crippen molar-refractivity contribution in [2.45, 2.75) is 13.8 Å². The van der Waals surface area contributed by atoms with E-state index in [9.17, 15) is 0 Å². The van der Waals surface area contributed by atoms with Gasteiger partial charge in [-0.2, -0.15) is 0 Å². The van der Waals surface area contributed by atoms with Crippen molar-refractivity contribution < 1.29 is 33.2 Å². The molecule has 0 aromatic heterocycles. The van der Waals surface area contributed by atoms with Crippen molar-refractivity contribution in [2.75, 3.05) is 98.8 Å². The molecule has 0 atom stereocenters. The third-order valence-electron chi connectivity index (χ3n) is 5.32. The molecule has 0 fully saturated rings. The number of benzene rings is 2. The maximum absolute atomic E-state index is 5.95. The van der Waals surface area contributed by atoms with E-state index >= 15 is 0 Å². The highest BCUT2D eigenvalue weighted by Crippen LogP contribution is 2.31. The van der Waals surface area contributed by atoms with E-state index in [2.05, 4.69) is 49.5 Å². The molecular weight excluding hydrogens is 462 g/mol. The summed E-state index contributed by atoms with van der Waals surface area (Å²) in [6, 6.07) is 12.7. The highest BCUT2D eigenvalue weighted by atomic mass is 16.6. The number of rotatable bonds is 21. The van der Waals surface area contributed by atoms with E-state index in [1.54, 1.807) is 7.11 Å². The lowest BCUT2D eigenvalue weighted by atomic mass is 9.98. The average Bonchev–Trinajstić information content (AvgIpc) is 2.89. The molecule has 0 aliphatic carbocycles. The Balaban J connectivity index is 1.50. The zero-order chi connectivity index (χ0) is 25.8. The van der Waals surface area contributed by atoms with Crippen LogP contribution in [0.5, 0.6) is 5.75 Å². The van der Waals surface area contributed by atoms with Crippen molar-refractivity contribution in [1.82, 2.24) is 0 Å². The van der Waals surface area contributed by atoms with Gasteiger partial charge in [0.15, 0.2) is 0 Å². The highest BCUT2D eigenvalue weighted by molar-refractivity contribution is 5.73. The van der Waals surface area contributed by atoms with E-state index in [0.29, 0.717) is 79.3 Å². The summed E-state index contributed by atoms with van der Waals surface area (Å²) in [5.74, 6) is 0.817. The van der Waals surface area contributed by atoms with Gasteiger partial charge in [0.05, 0.1) is 72.7 Å². The van der Waals surface area contributed by atoms with E-state index in [1.165, 1.54) is 16.7 Å². The molecule has 1 N–H and O–H groups in total. The van der Waals surface area contributed by atoms with Gasteiger partial charge in [0, 0.05) is 25.9 Å². The van der Waals surface area contributed by atoms with E-state index in [-0.39, 0.29) is 0 Å². The number of ether oxygens (including phenoxy) is 7. The minimum absolute atomic E-state index is 0.472. The molecule has 0 saturated heterocycles. The number of methoxy groups -OCH3 is 1. The molecule has 0 amide bonds. The smallest absolute Gasteiger partial charge is 0.122 e. The quantitative estimate of drug-likeness (QED) is 0.254. The lowest BCUT2D eigenvalue weighted by Crippen LogP contribution is -2.14. The third kappa shape index (κ3) is 12.7. The molecule has 36 heavy (non-hydrogen) atoms. The molecule has 0 saturated carbocycles. The van der Waals surface area contributed by atoms with Gasteiger partial charge in [0.1, 0.15) is 12.4 Å². The van der Waals surface area contributed by atoms with Crippen molar-refractivity contribution in [3.63, 3.8) is 0 Å². The number of hydrogen-bond donors (Lipinski definition) is 1. The minimum Gasteiger partial charge on any atom is -0.491 e. The topological polar surface area (TPSA) is 76.6 Å². The van der Waals surface area contributed by atoms with Gasteiger partial charge in [-0.1, -0.05) is 23.8 Å². The van der Waals surface area contributed by atoms with Gasteiger partial charge in [-0.3, -0.25) is 0 Å². The van der Waals surface area contributed by atoms with Crippen LogP contribution in [-0.4, -0.2) is 93.4 Å². The molecule has 0 aliphatic rings. The highest BCUT2D eigenvalue weighted by Gasteiger charge is 2.07. The standard InChI is InChI=1S/C28H43NO7/c1-23-5-6-24(2)28(19-23)25-20-26(29-3)22-27(21-25)36-18-17-35-16-15-34-14-13-33-12-11-32-10-9-31-8-7-30-4/h5-6,19-22,29H,7-18H2,1-4H3. The normalized spacial score (nSPS) is 11.1. The second-order valence-corrected chi connectivity index (χ2v) is 8.22. The number of aryl methyl sites for hydroxylation is 2. The van der Waals surface area contributed by atoms with Gasteiger partial charge in [0.2, 0.25) is 0 Å². The summed E-state index contributed by atoms with van der Waals surface area (Å²) in [5, 5.41) is 3.22. The van der Waals surface area contributed by atoms with Crippen molar-refractivity contribution >= 4 is 5.69 Å². The molecule has 0 radical (unpaired) electrons. The maximum atomic E-state index is 5.95. The van der Waals surface area contributed by atoms with Crippen LogP contribution in [0.3, 0.4) is 0 Å². The molecular formula is C28H43NO7. The molecule has 2 rings (SSSR count). The summed E-state index contributed by atoms with van der Waals surface area (Å²) in [6.07, 6.45) is 0. The summed E-state index contributed by atoms with van der Waals surface area (Å²) in [4.78, 5) is 0. The maximum Gasteiger partial charge on any atom is 0.122 e. The number of hydrogen-bond acceptors (Lipinski definition) is 8. The predicted molar refractivity (Wildman–Crippen MR) is 142 cm³/mol. The van der Waals surface area contributed by atoms with Gasteiger partial charge in [-0.15, -0.1) is 0 Å². The van der Waals surface area contributed by atoms with Crippen LogP contribution in [0.15, 0.2) is 36.4 Å². The molecule has 0 bridgehead atoms. The van der Waals surface area contributed by atoms with E-state index in [1.807, 2.05) is 13.1 Å². The first-order valence-corrected chi connectivity index (χ1v) is 12.5. The fraction of sp³-hybridized carbons (Fsp3) is 0.571. The fourth-order valence-electron chi connectivity index (χ4n) is 3.37. The molecule has 202 valence electrons. The van der Waals surface area contributed by atoms with Gasteiger partial charge >= 0.3 is 0 Å². The van der Waals surface area contributed by atoms with E-state index < -0.39 is 0 Å². The Morgan fingerprint density at radius 2 is 1.14 bits per heavy atom. The molecule has 0 heterocycles. The SMILES string of the molecule is CNc1cc(OCCOCCOCCOCCOCCOCCOC)cc(-c2cc(C)ccc2C)c1. The lowest BCUT2D eigenvalue weighted by Gasteiger charge is -2.13. The van der Waals surface area contributed by atoms with Crippen LogP contribution in [-0.2, 0) is 28.4 Å². The van der Waals surface area contributed by atoms with Crippen LogP contribution >= 0.6 is 0 Å². The Morgan fingerprint density at radius 1 is 0.611 bits per heavy atom. The Morgan fingerprint density at radius 3 is 1.67 bits per heavy atom. The van der Waals surface area contributed by atoms with Crippen LogP contribution in [0.1, 0.15) is 11.1 Å². The second-order valence-electron chi connectivity index (χ2n) is 8.22. The molecule has 2 aromatic rings. The zero-order valence-electron chi connectivity index (χ0n) is 22.3. The molecule has 0 unspecified atom stereocenters. The first-order chi connectivity index (χ1) is 17.6. The van der Waals surface area contributed by atoms with Gasteiger partial charge in [-0.25, -0.2) is 0 Å².